The number of ether oxygens (including phenoxy) is 3. The Balaban J connectivity index is 1.78. The fraction of sp³-hybridized carbons (Fsp3) is 0.867. The Morgan fingerprint density at radius 1 is 1.40 bits per heavy atom. The van der Waals surface area contributed by atoms with Gasteiger partial charge in [-0.1, -0.05) is 6.42 Å². The van der Waals surface area contributed by atoms with Gasteiger partial charge < -0.3 is 14.2 Å². The number of ketones is 1. The Bertz CT molecular complexity index is 376. The van der Waals surface area contributed by atoms with E-state index in [4.69, 9.17) is 14.2 Å². The number of hydrogen-bond donors (Lipinski definition) is 0. The lowest BCUT2D eigenvalue weighted by Crippen LogP contribution is -2.24. The van der Waals surface area contributed by atoms with Crippen molar-refractivity contribution in [1.29, 1.82) is 0 Å². The monoisotopic (exact) mass is 284 g/mol. The summed E-state index contributed by atoms with van der Waals surface area (Å²) < 4.78 is 16.0. The normalized spacial score (nSPS) is 32.5. The predicted molar refractivity (Wildman–Crippen MR) is 72.0 cm³/mol. The van der Waals surface area contributed by atoms with Crippen LogP contribution in [0.15, 0.2) is 0 Å². The Morgan fingerprint density at radius 2 is 2.15 bits per heavy atom. The van der Waals surface area contributed by atoms with Gasteiger partial charge in [0.1, 0.15) is 5.78 Å². The minimum Gasteiger partial charge on any atom is -0.469 e. The second kappa shape index (κ2) is 6.22. The molecule has 114 valence electrons. The Morgan fingerprint density at radius 3 is 2.75 bits per heavy atom. The molecule has 5 heteroatoms. The summed E-state index contributed by atoms with van der Waals surface area (Å²) in [7, 11) is 1.38. The minimum absolute atomic E-state index is 0.0954. The molecule has 0 bridgehead atoms. The van der Waals surface area contributed by atoms with Gasteiger partial charge in [0.15, 0.2) is 5.79 Å². The highest BCUT2D eigenvalue weighted by molar-refractivity contribution is 5.90. The maximum atomic E-state index is 11.9. The molecule has 1 saturated heterocycles. The Kier molecular flexibility index (Phi) is 4.81. The maximum absolute atomic E-state index is 11.9. The molecule has 0 aromatic carbocycles. The lowest BCUT2D eigenvalue weighted by molar-refractivity contribution is -0.148. The topological polar surface area (TPSA) is 61.8 Å². The molecule has 3 unspecified atom stereocenters. The van der Waals surface area contributed by atoms with Crippen molar-refractivity contribution in [3.8, 4) is 0 Å². The first-order chi connectivity index (χ1) is 9.43. The molecule has 0 N–H and O–H groups in total. The van der Waals surface area contributed by atoms with Crippen LogP contribution in [0.25, 0.3) is 0 Å². The summed E-state index contributed by atoms with van der Waals surface area (Å²) in [6.45, 7) is 4.41. The van der Waals surface area contributed by atoms with Crippen molar-refractivity contribution in [1.82, 2.24) is 0 Å². The van der Waals surface area contributed by atoms with Crippen LogP contribution in [0.3, 0.4) is 0 Å². The number of Topliss-reactive ketones (excluding diaryl/α,β-unsaturated/α-hetero) is 1. The quantitative estimate of drug-likeness (QED) is 0.723. The fourth-order valence-electron chi connectivity index (χ4n) is 3.18. The third kappa shape index (κ3) is 3.58. The summed E-state index contributed by atoms with van der Waals surface area (Å²) in [5.74, 6) is -0.961. The van der Waals surface area contributed by atoms with E-state index in [1.165, 1.54) is 7.11 Å². The highest BCUT2D eigenvalue weighted by atomic mass is 16.7. The van der Waals surface area contributed by atoms with Gasteiger partial charge in [-0.2, -0.15) is 0 Å². The molecule has 1 saturated carbocycles. The second-order valence-electron chi connectivity index (χ2n) is 6.12. The molecule has 0 aromatic heterocycles. The van der Waals surface area contributed by atoms with Gasteiger partial charge in [0, 0.05) is 12.3 Å². The first kappa shape index (κ1) is 15.4. The van der Waals surface area contributed by atoms with Gasteiger partial charge >= 0.3 is 5.97 Å². The molecule has 0 aromatic rings. The van der Waals surface area contributed by atoms with E-state index in [-0.39, 0.29) is 29.7 Å². The van der Waals surface area contributed by atoms with E-state index >= 15 is 0 Å². The first-order valence-corrected chi connectivity index (χ1v) is 7.35. The smallest absolute Gasteiger partial charge is 0.309 e. The van der Waals surface area contributed by atoms with Crippen LogP contribution in [0.5, 0.6) is 0 Å². The highest BCUT2D eigenvalue weighted by Crippen LogP contribution is 2.34. The third-order valence-electron chi connectivity index (χ3n) is 4.21. The molecule has 1 heterocycles. The molecular weight excluding hydrogens is 260 g/mol. The average molecular weight is 284 g/mol. The third-order valence-corrected chi connectivity index (χ3v) is 4.21. The molecule has 2 rings (SSSR count). The van der Waals surface area contributed by atoms with Crippen LogP contribution < -0.4 is 0 Å². The Labute approximate surface area is 120 Å². The van der Waals surface area contributed by atoms with E-state index in [1.807, 2.05) is 13.8 Å². The number of carbonyl (C=O) groups excluding carboxylic acids is 2. The van der Waals surface area contributed by atoms with Crippen LogP contribution >= 0.6 is 0 Å². The van der Waals surface area contributed by atoms with Crippen molar-refractivity contribution in [3.63, 3.8) is 0 Å². The van der Waals surface area contributed by atoms with Gasteiger partial charge in [0.25, 0.3) is 0 Å². The second-order valence-corrected chi connectivity index (χ2v) is 6.12. The van der Waals surface area contributed by atoms with Crippen LogP contribution in [0.4, 0.5) is 0 Å². The van der Waals surface area contributed by atoms with E-state index in [1.54, 1.807) is 0 Å². The highest BCUT2D eigenvalue weighted by Gasteiger charge is 2.40. The molecule has 2 aliphatic rings. The summed E-state index contributed by atoms with van der Waals surface area (Å²) in [4.78, 5) is 23.5. The number of esters is 1. The summed E-state index contributed by atoms with van der Waals surface area (Å²) in [6.07, 6.45) is 3.69. The molecule has 3 atom stereocenters. The molecule has 20 heavy (non-hydrogen) atoms. The van der Waals surface area contributed by atoms with Gasteiger partial charge in [-0.25, -0.2) is 0 Å². The average Bonchev–Trinajstić information content (AvgIpc) is 2.93. The zero-order chi connectivity index (χ0) is 14.8. The zero-order valence-electron chi connectivity index (χ0n) is 12.5. The summed E-state index contributed by atoms with van der Waals surface area (Å²) >= 11 is 0. The molecule has 1 aliphatic carbocycles. The van der Waals surface area contributed by atoms with Gasteiger partial charge in [0.05, 0.1) is 25.7 Å². The van der Waals surface area contributed by atoms with Crippen molar-refractivity contribution in [3.05, 3.63) is 0 Å². The Hall–Kier alpha value is -0.940. The van der Waals surface area contributed by atoms with Crippen molar-refractivity contribution in [2.45, 2.75) is 57.8 Å². The summed E-state index contributed by atoms with van der Waals surface area (Å²) in [6, 6.07) is 0. The lowest BCUT2D eigenvalue weighted by atomic mass is 9.90. The van der Waals surface area contributed by atoms with E-state index in [9.17, 15) is 9.59 Å². The van der Waals surface area contributed by atoms with Crippen molar-refractivity contribution in [2.75, 3.05) is 13.7 Å². The van der Waals surface area contributed by atoms with E-state index in [2.05, 4.69) is 0 Å². The standard InChI is InChI=1S/C15H24O5/c1-15(2)19-9-10(20-15)5-4-6-11-12(14(17)18-3)7-8-13(11)16/h10-12H,4-9H2,1-3H3. The van der Waals surface area contributed by atoms with Gasteiger partial charge in [-0.05, 0) is 33.1 Å². The van der Waals surface area contributed by atoms with Crippen molar-refractivity contribution in [2.24, 2.45) is 11.8 Å². The number of rotatable bonds is 5. The summed E-state index contributed by atoms with van der Waals surface area (Å²) in [5.41, 5.74) is 0. The zero-order valence-corrected chi connectivity index (χ0v) is 12.5. The summed E-state index contributed by atoms with van der Waals surface area (Å²) in [5, 5.41) is 0. The van der Waals surface area contributed by atoms with Crippen LogP contribution in [0.2, 0.25) is 0 Å². The van der Waals surface area contributed by atoms with E-state index < -0.39 is 5.79 Å². The largest absolute Gasteiger partial charge is 0.469 e. The lowest BCUT2D eigenvalue weighted by Gasteiger charge is -2.18. The van der Waals surface area contributed by atoms with Gasteiger partial charge in [0.2, 0.25) is 0 Å². The fourth-order valence-corrected chi connectivity index (χ4v) is 3.18. The van der Waals surface area contributed by atoms with E-state index in [0.29, 0.717) is 19.4 Å². The first-order valence-electron chi connectivity index (χ1n) is 7.35. The number of hydrogen-bond acceptors (Lipinski definition) is 5. The maximum Gasteiger partial charge on any atom is 0.309 e. The SMILES string of the molecule is COC(=O)C1CCC(=O)C1CCCC1COC(C)(C)O1. The molecule has 0 amide bonds. The molecular formula is C15H24O5. The van der Waals surface area contributed by atoms with Crippen LogP contribution in [0.1, 0.15) is 46.0 Å². The van der Waals surface area contributed by atoms with Crippen LogP contribution in [-0.2, 0) is 23.8 Å². The van der Waals surface area contributed by atoms with Crippen LogP contribution in [0, 0.1) is 11.8 Å². The van der Waals surface area contributed by atoms with Gasteiger partial charge in [-0.3, -0.25) is 9.59 Å². The molecule has 0 radical (unpaired) electrons. The van der Waals surface area contributed by atoms with Crippen molar-refractivity contribution < 1.29 is 23.8 Å². The molecule has 5 nitrogen and oxygen atoms in total. The van der Waals surface area contributed by atoms with Crippen LogP contribution in [-0.4, -0.2) is 37.4 Å². The van der Waals surface area contributed by atoms with E-state index in [0.717, 1.165) is 19.3 Å². The molecule has 2 fully saturated rings. The number of carbonyl (C=O) groups is 2. The molecule has 0 spiro atoms. The predicted octanol–water partition coefficient (Wildman–Crippen LogP) is 2.08. The minimum atomic E-state index is -0.498. The van der Waals surface area contributed by atoms with Gasteiger partial charge in [-0.15, -0.1) is 0 Å². The van der Waals surface area contributed by atoms with Crippen molar-refractivity contribution >= 4 is 11.8 Å². The number of methoxy groups -OCH3 is 1. The molecule has 1 aliphatic heterocycles.